The summed E-state index contributed by atoms with van der Waals surface area (Å²) in [7, 11) is 0. The molecule has 26 heavy (non-hydrogen) atoms. The van der Waals surface area contributed by atoms with Gasteiger partial charge in [-0.25, -0.2) is 9.97 Å². The molecule has 0 aliphatic carbocycles. The van der Waals surface area contributed by atoms with Gasteiger partial charge in [0.15, 0.2) is 5.82 Å². The van der Waals surface area contributed by atoms with Crippen molar-refractivity contribution in [2.24, 2.45) is 0 Å². The lowest BCUT2D eigenvalue weighted by molar-refractivity contribution is 0.102. The Morgan fingerprint density at radius 3 is 2.38 bits per heavy atom. The first kappa shape index (κ1) is 17.6. The van der Waals surface area contributed by atoms with Crippen LogP contribution in [-0.2, 0) is 5.41 Å². The number of amides is 1. The SMILES string of the molecule is Cc1cc(NC(=O)c2cc(Nc3ccc(C(C)(C)C)cc3)ncn2)no1. The van der Waals surface area contributed by atoms with Crippen LogP contribution in [-0.4, -0.2) is 21.0 Å². The molecule has 3 aromatic rings. The van der Waals surface area contributed by atoms with Crippen LogP contribution in [0.25, 0.3) is 0 Å². The number of hydrogen-bond acceptors (Lipinski definition) is 6. The lowest BCUT2D eigenvalue weighted by atomic mass is 9.87. The van der Waals surface area contributed by atoms with Crippen molar-refractivity contribution < 1.29 is 9.32 Å². The Labute approximate surface area is 151 Å². The van der Waals surface area contributed by atoms with Gasteiger partial charge in [0.25, 0.3) is 5.91 Å². The Morgan fingerprint density at radius 2 is 1.77 bits per heavy atom. The summed E-state index contributed by atoms with van der Waals surface area (Å²) in [6, 6.07) is 11.3. The third-order valence-electron chi connectivity index (χ3n) is 3.79. The molecule has 0 saturated carbocycles. The number of nitrogens with one attached hydrogen (secondary N) is 2. The summed E-state index contributed by atoms with van der Waals surface area (Å²) in [5, 5.41) is 9.55. The second-order valence-electron chi connectivity index (χ2n) is 7.02. The fourth-order valence-electron chi connectivity index (χ4n) is 2.36. The molecule has 0 radical (unpaired) electrons. The molecule has 0 unspecified atom stereocenters. The molecule has 2 heterocycles. The second kappa shape index (κ2) is 6.95. The topological polar surface area (TPSA) is 92.9 Å². The first-order chi connectivity index (χ1) is 12.3. The van der Waals surface area contributed by atoms with E-state index in [4.69, 9.17) is 4.52 Å². The predicted octanol–water partition coefficient (Wildman–Crippen LogP) is 4.07. The molecule has 0 aliphatic heterocycles. The van der Waals surface area contributed by atoms with Crippen molar-refractivity contribution in [3.8, 4) is 0 Å². The van der Waals surface area contributed by atoms with E-state index in [1.165, 1.54) is 11.9 Å². The van der Waals surface area contributed by atoms with Crippen LogP contribution in [0.3, 0.4) is 0 Å². The van der Waals surface area contributed by atoms with E-state index in [9.17, 15) is 4.79 Å². The summed E-state index contributed by atoms with van der Waals surface area (Å²) in [6.45, 7) is 8.25. The molecule has 2 aromatic heterocycles. The zero-order valence-corrected chi connectivity index (χ0v) is 15.2. The molecule has 1 aromatic carbocycles. The molecule has 0 bridgehead atoms. The van der Waals surface area contributed by atoms with Gasteiger partial charge in [-0.1, -0.05) is 38.1 Å². The maximum atomic E-state index is 12.3. The van der Waals surface area contributed by atoms with E-state index >= 15 is 0 Å². The number of nitrogens with zero attached hydrogens (tertiary/aromatic N) is 3. The number of hydrogen-bond donors (Lipinski definition) is 2. The molecule has 7 heteroatoms. The van der Waals surface area contributed by atoms with Crippen LogP contribution >= 0.6 is 0 Å². The number of carbonyl (C=O) groups is 1. The largest absolute Gasteiger partial charge is 0.360 e. The highest BCUT2D eigenvalue weighted by atomic mass is 16.5. The summed E-state index contributed by atoms with van der Waals surface area (Å²) in [5.41, 5.74) is 2.46. The molecule has 3 rings (SSSR count). The van der Waals surface area contributed by atoms with Gasteiger partial charge >= 0.3 is 0 Å². The molecule has 0 spiro atoms. The Morgan fingerprint density at radius 1 is 1.04 bits per heavy atom. The maximum absolute atomic E-state index is 12.3. The molecule has 1 amide bonds. The Kier molecular flexibility index (Phi) is 4.71. The van der Waals surface area contributed by atoms with E-state index < -0.39 is 0 Å². The van der Waals surface area contributed by atoms with Crippen molar-refractivity contribution >= 4 is 23.2 Å². The average molecular weight is 351 g/mol. The zero-order chi connectivity index (χ0) is 18.7. The second-order valence-corrected chi connectivity index (χ2v) is 7.02. The van der Waals surface area contributed by atoms with Crippen molar-refractivity contribution in [2.75, 3.05) is 10.6 Å². The van der Waals surface area contributed by atoms with Crippen molar-refractivity contribution in [2.45, 2.75) is 33.1 Å². The van der Waals surface area contributed by atoms with Crippen LogP contribution in [0.4, 0.5) is 17.3 Å². The first-order valence-electron chi connectivity index (χ1n) is 8.25. The van der Waals surface area contributed by atoms with Gasteiger partial charge in [0.1, 0.15) is 23.6 Å². The minimum atomic E-state index is -0.383. The molecule has 0 aliphatic rings. The average Bonchev–Trinajstić information content (AvgIpc) is 2.99. The van der Waals surface area contributed by atoms with Gasteiger partial charge in [-0.05, 0) is 30.0 Å². The summed E-state index contributed by atoms with van der Waals surface area (Å²) < 4.78 is 4.93. The van der Waals surface area contributed by atoms with E-state index in [-0.39, 0.29) is 17.0 Å². The van der Waals surface area contributed by atoms with E-state index in [0.29, 0.717) is 17.4 Å². The van der Waals surface area contributed by atoms with Gasteiger partial charge in [-0.2, -0.15) is 0 Å². The van der Waals surface area contributed by atoms with Crippen LogP contribution in [0.2, 0.25) is 0 Å². The zero-order valence-electron chi connectivity index (χ0n) is 15.2. The Hall–Kier alpha value is -3.22. The summed E-state index contributed by atoms with van der Waals surface area (Å²) in [5.74, 6) is 1.11. The molecule has 2 N–H and O–H groups in total. The van der Waals surface area contributed by atoms with Gasteiger partial charge in [0, 0.05) is 17.8 Å². The van der Waals surface area contributed by atoms with Crippen LogP contribution in [0.5, 0.6) is 0 Å². The lowest BCUT2D eigenvalue weighted by Crippen LogP contribution is -2.14. The first-order valence-corrected chi connectivity index (χ1v) is 8.25. The highest BCUT2D eigenvalue weighted by Gasteiger charge is 2.14. The number of aryl methyl sites for hydroxylation is 1. The van der Waals surface area contributed by atoms with Crippen LogP contribution in [0, 0.1) is 6.92 Å². The fourth-order valence-corrected chi connectivity index (χ4v) is 2.36. The van der Waals surface area contributed by atoms with Crippen LogP contribution in [0.1, 0.15) is 42.6 Å². The number of benzene rings is 1. The van der Waals surface area contributed by atoms with Gasteiger partial charge in [-0.15, -0.1) is 0 Å². The minimum Gasteiger partial charge on any atom is -0.360 e. The number of rotatable bonds is 4. The third kappa shape index (κ3) is 4.24. The summed E-state index contributed by atoms with van der Waals surface area (Å²) in [4.78, 5) is 20.4. The molecular weight excluding hydrogens is 330 g/mol. The number of anilines is 3. The monoisotopic (exact) mass is 351 g/mol. The predicted molar refractivity (Wildman–Crippen MR) is 99.6 cm³/mol. The quantitative estimate of drug-likeness (QED) is 0.736. The molecule has 7 nitrogen and oxygen atoms in total. The maximum Gasteiger partial charge on any atom is 0.275 e. The normalized spacial score (nSPS) is 11.2. The summed E-state index contributed by atoms with van der Waals surface area (Å²) >= 11 is 0. The molecule has 0 saturated heterocycles. The molecular formula is C19H21N5O2. The number of carbonyl (C=O) groups excluding carboxylic acids is 1. The molecule has 0 fully saturated rings. The van der Waals surface area contributed by atoms with Crippen molar-refractivity contribution in [3.05, 3.63) is 59.7 Å². The molecule has 0 atom stereocenters. The number of aromatic nitrogens is 3. The fraction of sp³-hybridized carbons (Fsp3) is 0.263. The van der Waals surface area contributed by atoms with Crippen molar-refractivity contribution in [1.82, 2.24) is 15.1 Å². The standard InChI is InChI=1S/C19H21N5O2/c1-12-9-17(24-26-12)23-18(25)15-10-16(21-11-20-15)22-14-7-5-13(6-8-14)19(2,3)4/h5-11H,1-4H3,(H,20,21,22)(H,23,24,25). The Bertz CT molecular complexity index is 910. The third-order valence-corrected chi connectivity index (χ3v) is 3.79. The smallest absolute Gasteiger partial charge is 0.275 e. The van der Waals surface area contributed by atoms with E-state index in [1.807, 2.05) is 12.1 Å². The van der Waals surface area contributed by atoms with Gasteiger partial charge in [0.2, 0.25) is 0 Å². The van der Waals surface area contributed by atoms with E-state index in [2.05, 4.69) is 58.7 Å². The lowest BCUT2D eigenvalue weighted by Gasteiger charge is -2.19. The van der Waals surface area contributed by atoms with Crippen molar-refractivity contribution in [3.63, 3.8) is 0 Å². The Balaban J connectivity index is 1.72. The van der Waals surface area contributed by atoms with Crippen molar-refractivity contribution in [1.29, 1.82) is 0 Å². The molecule has 134 valence electrons. The van der Waals surface area contributed by atoms with E-state index in [1.54, 1.807) is 19.1 Å². The van der Waals surface area contributed by atoms with Gasteiger partial charge in [-0.3, -0.25) is 4.79 Å². The minimum absolute atomic E-state index is 0.0954. The van der Waals surface area contributed by atoms with Gasteiger partial charge < -0.3 is 15.2 Å². The summed E-state index contributed by atoms with van der Waals surface area (Å²) in [6.07, 6.45) is 1.34. The van der Waals surface area contributed by atoms with Gasteiger partial charge in [0.05, 0.1) is 0 Å². The highest BCUT2D eigenvalue weighted by Crippen LogP contribution is 2.24. The van der Waals surface area contributed by atoms with Crippen LogP contribution < -0.4 is 10.6 Å². The highest BCUT2D eigenvalue weighted by molar-refractivity contribution is 6.02. The van der Waals surface area contributed by atoms with E-state index in [0.717, 1.165) is 5.69 Å². The van der Waals surface area contributed by atoms with Crippen LogP contribution in [0.15, 0.2) is 47.2 Å².